The lowest BCUT2D eigenvalue weighted by Crippen LogP contribution is -2.48. The largest absolute Gasteiger partial charge is 0.337 e. The zero-order chi connectivity index (χ0) is 11.8. The number of likely N-dealkylation sites (tertiary alicyclic amines) is 1. The monoisotopic (exact) mass is 224 g/mol. The molecule has 1 N–H and O–H groups in total. The van der Waals surface area contributed by atoms with Gasteiger partial charge in [0.25, 0.3) is 0 Å². The minimum atomic E-state index is -0.147. The topological polar surface area (TPSA) is 32.3 Å². The van der Waals surface area contributed by atoms with Gasteiger partial charge in [-0.2, -0.15) is 0 Å². The van der Waals surface area contributed by atoms with Gasteiger partial charge in [-0.3, -0.25) is 4.79 Å². The average molecular weight is 224 g/mol. The quantitative estimate of drug-likeness (QED) is 0.775. The second-order valence-corrected chi connectivity index (χ2v) is 5.69. The van der Waals surface area contributed by atoms with Crippen molar-refractivity contribution in [3.8, 4) is 0 Å². The molecular weight excluding hydrogens is 200 g/mol. The van der Waals surface area contributed by atoms with Crippen LogP contribution in [0.25, 0.3) is 0 Å². The van der Waals surface area contributed by atoms with Gasteiger partial charge in [-0.05, 0) is 46.1 Å². The predicted molar refractivity (Wildman–Crippen MR) is 65.2 cm³/mol. The molecule has 0 aromatic carbocycles. The summed E-state index contributed by atoms with van der Waals surface area (Å²) in [7, 11) is 0. The Hall–Kier alpha value is -0.570. The van der Waals surface area contributed by atoms with Crippen LogP contribution in [0.2, 0.25) is 0 Å². The molecule has 0 aromatic rings. The van der Waals surface area contributed by atoms with Gasteiger partial charge in [-0.1, -0.05) is 6.92 Å². The Morgan fingerprint density at radius 3 is 2.81 bits per heavy atom. The van der Waals surface area contributed by atoms with E-state index in [4.69, 9.17) is 0 Å². The van der Waals surface area contributed by atoms with Crippen molar-refractivity contribution in [1.82, 2.24) is 10.2 Å². The highest BCUT2D eigenvalue weighted by molar-refractivity contribution is 5.83. The lowest BCUT2D eigenvalue weighted by atomic mass is 9.87. The van der Waals surface area contributed by atoms with Crippen molar-refractivity contribution in [3.05, 3.63) is 0 Å². The first-order chi connectivity index (χ1) is 7.58. The zero-order valence-corrected chi connectivity index (χ0v) is 10.8. The first-order valence-electron chi connectivity index (χ1n) is 6.62. The van der Waals surface area contributed by atoms with Gasteiger partial charge in [0.05, 0.1) is 5.41 Å². The molecule has 2 heterocycles. The molecule has 3 heteroatoms. The van der Waals surface area contributed by atoms with Crippen LogP contribution in [-0.4, -0.2) is 36.0 Å². The molecule has 2 aliphatic rings. The van der Waals surface area contributed by atoms with E-state index in [2.05, 4.69) is 31.0 Å². The summed E-state index contributed by atoms with van der Waals surface area (Å²) in [5.74, 6) is 0.384. The third-order valence-electron chi connectivity index (χ3n) is 4.38. The summed E-state index contributed by atoms with van der Waals surface area (Å²) >= 11 is 0. The van der Waals surface area contributed by atoms with E-state index in [1.807, 2.05) is 0 Å². The molecular formula is C13H24N2O. The average Bonchev–Trinajstić information content (AvgIpc) is 2.85. The molecule has 0 bridgehead atoms. The maximum Gasteiger partial charge on any atom is 0.230 e. The van der Waals surface area contributed by atoms with Gasteiger partial charge in [-0.25, -0.2) is 0 Å². The Labute approximate surface area is 98.6 Å². The number of hydrogen-bond acceptors (Lipinski definition) is 2. The third-order valence-corrected chi connectivity index (χ3v) is 4.38. The lowest BCUT2D eigenvalue weighted by Gasteiger charge is -2.35. The van der Waals surface area contributed by atoms with Crippen LogP contribution in [0.3, 0.4) is 0 Å². The number of nitrogens with zero attached hydrogens (tertiary/aromatic N) is 1. The van der Waals surface area contributed by atoms with Crippen LogP contribution in [-0.2, 0) is 4.79 Å². The molecule has 3 unspecified atom stereocenters. The van der Waals surface area contributed by atoms with Crippen molar-refractivity contribution in [2.75, 3.05) is 13.1 Å². The summed E-state index contributed by atoms with van der Waals surface area (Å²) < 4.78 is 0. The Morgan fingerprint density at radius 2 is 2.25 bits per heavy atom. The maximum atomic E-state index is 12.6. The zero-order valence-electron chi connectivity index (χ0n) is 10.8. The molecule has 2 rings (SSSR count). The van der Waals surface area contributed by atoms with Crippen molar-refractivity contribution in [1.29, 1.82) is 0 Å². The van der Waals surface area contributed by atoms with Gasteiger partial charge in [0.2, 0.25) is 5.91 Å². The van der Waals surface area contributed by atoms with Crippen molar-refractivity contribution in [3.63, 3.8) is 0 Å². The molecule has 1 amide bonds. The van der Waals surface area contributed by atoms with Gasteiger partial charge in [0, 0.05) is 18.6 Å². The molecule has 0 aromatic heterocycles. The summed E-state index contributed by atoms with van der Waals surface area (Å²) in [4.78, 5) is 14.8. The molecule has 92 valence electrons. The molecule has 0 spiro atoms. The van der Waals surface area contributed by atoms with E-state index in [1.54, 1.807) is 0 Å². The SMILES string of the molecule is CCC1CCC(C)N1C(=O)C1(C)CCNC1. The van der Waals surface area contributed by atoms with Gasteiger partial charge >= 0.3 is 0 Å². The number of carbonyl (C=O) groups excluding carboxylic acids is 1. The van der Waals surface area contributed by atoms with Gasteiger partial charge in [0.1, 0.15) is 0 Å². The predicted octanol–water partition coefficient (Wildman–Crippen LogP) is 1.78. The van der Waals surface area contributed by atoms with E-state index in [-0.39, 0.29) is 5.41 Å². The normalized spacial score (nSPS) is 39.3. The highest BCUT2D eigenvalue weighted by Crippen LogP contribution is 2.34. The van der Waals surface area contributed by atoms with Crippen LogP contribution in [0.5, 0.6) is 0 Å². The smallest absolute Gasteiger partial charge is 0.230 e. The van der Waals surface area contributed by atoms with Gasteiger partial charge in [0.15, 0.2) is 0 Å². The maximum absolute atomic E-state index is 12.6. The molecule has 2 aliphatic heterocycles. The van der Waals surface area contributed by atoms with Gasteiger partial charge in [-0.15, -0.1) is 0 Å². The van der Waals surface area contributed by atoms with Crippen LogP contribution in [0.4, 0.5) is 0 Å². The molecule has 3 atom stereocenters. The summed E-state index contributed by atoms with van der Waals surface area (Å²) in [5.41, 5.74) is -0.147. The van der Waals surface area contributed by atoms with E-state index in [1.165, 1.54) is 12.8 Å². The standard InChI is InChI=1S/C13H24N2O/c1-4-11-6-5-10(2)15(11)12(16)13(3)7-8-14-9-13/h10-11,14H,4-9H2,1-3H3. The van der Waals surface area contributed by atoms with Crippen LogP contribution in [0.15, 0.2) is 0 Å². The van der Waals surface area contributed by atoms with Crippen molar-refractivity contribution < 1.29 is 4.79 Å². The van der Waals surface area contributed by atoms with E-state index in [9.17, 15) is 4.79 Å². The first kappa shape index (κ1) is 11.9. The highest BCUT2D eigenvalue weighted by atomic mass is 16.2. The van der Waals surface area contributed by atoms with Crippen molar-refractivity contribution in [2.45, 2.75) is 58.5 Å². The Kier molecular flexibility index (Phi) is 3.24. The molecule has 2 saturated heterocycles. The molecule has 2 fully saturated rings. The fraction of sp³-hybridized carbons (Fsp3) is 0.923. The van der Waals surface area contributed by atoms with E-state index in [0.29, 0.717) is 18.0 Å². The van der Waals surface area contributed by atoms with Crippen LogP contribution < -0.4 is 5.32 Å². The summed E-state index contributed by atoms with van der Waals surface area (Å²) in [6.07, 6.45) is 4.45. The van der Waals surface area contributed by atoms with E-state index in [0.717, 1.165) is 25.9 Å². The summed E-state index contributed by atoms with van der Waals surface area (Å²) in [6.45, 7) is 8.34. The number of amides is 1. The Morgan fingerprint density at radius 1 is 1.50 bits per heavy atom. The number of carbonyl (C=O) groups is 1. The number of hydrogen-bond donors (Lipinski definition) is 1. The van der Waals surface area contributed by atoms with Crippen molar-refractivity contribution in [2.24, 2.45) is 5.41 Å². The van der Waals surface area contributed by atoms with Gasteiger partial charge < -0.3 is 10.2 Å². The van der Waals surface area contributed by atoms with Crippen LogP contribution >= 0.6 is 0 Å². The molecule has 0 radical (unpaired) electrons. The van der Waals surface area contributed by atoms with E-state index < -0.39 is 0 Å². The number of rotatable bonds is 2. The lowest BCUT2D eigenvalue weighted by molar-refractivity contribution is -0.143. The summed E-state index contributed by atoms with van der Waals surface area (Å²) in [5, 5.41) is 3.32. The first-order valence-corrected chi connectivity index (χ1v) is 6.62. The fourth-order valence-electron chi connectivity index (χ4n) is 3.15. The fourth-order valence-corrected chi connectivity index (χ4v) is 3.15. The molecule has 0 saturated carbocycles. The molecule has 3 nitrogen and oxygen atoms in total. The Balaban J connectivity index is 2.13. The minimum absolute atomic E-state index is 0.147. The summed E-state index contributed by atoms with van der Waals surface area (Å²) in [6, 6.07) is 0.926. The van der Waals surface area contributed by atoms with Crippen LogP contribution in [0.1, 0.15) is 46.5 Å². The van der Waals surface area contributed by atoms with Crippen molar-refractivity contribution >= 4 is 5.91 Å². The second kappa shape index (κ2) is 4.36. The number of nitrogens with one attached hydrogen (secondary N) is 1. The highest BCUT2D eigenvalue weighted by Gasteiger charge is 2.44. The van der Waals surface area contributed by atoms with E-state index >= 15 is 0 Å². The second-order valence-electron chi connectivity index (χ2n) is 5.69. The Bertz CT molecular complexity index is 271. The molecule has 16 heavy (non-hydrogen) atoms. The minimum Gasteiger partial charge on any atom is -0.337 e. The molecule has 0 aliphatic carbocycles. The van der Waals surface area contributed by atoms with Crippen LogP contribution in [0, 0.1) is 5.41 Å². The third kappa shape index (κ3) is 1.86.